The maximum absolute atomic E-state index is 13.8. The lowest BCUT2D eigenvalue weighted by molar-refractivity contribution is -0.913. The summed E-state index contributed by atoms with van der Waals surface area (Å²) >= 11 is 0. The first-order valence-electron chi connectivity index (χ1n) is 11.7. The minimum Gasteiger partial charge on any atom is -0.632 e. The fourth-order valence-electron chi connectivity index (χ4n) is 6.03. The van der Waals surface area contributed by atoms with Crippen molar-refractivity contribution in [3.8, 4) is 0 Å². The quantitative estimate of drug-likeness (QED) is 0.311. The van der Waals surface area contributed by atoms with E-state index < -0.39 is 10.6 Å². The first kappa shape index (κ1) is 23.7. The number of aliphatic carboxylic acids is 1. The highest BCUT2D eigenvalue weighted by atomic mass is 16.6. The van der Waals surface area contributed by atoms with Gasteiger partial charge in [0.15, 0.2) is 6.54 Å². The van der Waals surface area contributed by atoms with Gasteiger partial charge >= 0.3 is 5.97 Å². The molecule has 3 aliphatic rings. The van der Waals surface area contributed by atoms with Gasteiger partial charge in [-0.15, -0.1) is 0 Å². The average Bonchev–Trinajstić information content (AvgIpc) is 3.42. The molecule has 0 spiro atoms. The zero-order valence-corrected chi connectivity index (χ0v) is 19.3. The van der Waals surface area contributed by atoms with Gasteiger partial charge in [0.25, 0.3) is 5.91 Å². The van der Waals surface area contributed by atoms with Gasteiger partial charge in [-0.05, 0) is 56.9 Å². The summed E-state index contributed by atoms with van der Waals surface area (Å²) in [7, 11) is 0. The zero-order chi connectivity index (χ0) is 23.9. The number of hydrogen-bond acceptors (Lipinski definition) is 5. The Balaban J connectivity index is 1.31. The second kappa shape index (κ2) is 8.70. The summed E-state index contributed by atoms with van der Waals surface area (Å²) in [6, 6.07) is 6.54. The minimum absolute atomic E-state index is 0.0505. The molecule has 2 amide bonds. The Morgan fingerprint density at radius 2 is 1.73 bits per heavy atom. The highest BCUT2D eigenvalue weighted by Crippen LogP contribution is 2.61. The molecule has 33 heavy (non-hydrogen) atoms. The second-order valence-electron chi connectivity index (χ2n) is 10.2. The van der Waals surface area contributed by atoms with Crippen molar-refractivity contribution in [1.29, 1.82) is 0 Å². The van der Waals surface area contributed by atoms with E-state index in [1.807, 2.05) is 0 Å². The predicted octanol–water partition coefficient (Wildman–Crippen LogP) is 3.25. The number of nitrogens with zero attached hydrogens (tertiary/aromatic N) is 1. The molecule has 180 valence electrons. The minimum atomic E-state index is -0.929. The number of hydrogen-bond donors (Lipinski definition) is 3. The van der Waals surface area contributed by atoms with Crippen LogP contribution in [0.2, 0.25) is 0 Å². The molecule has 3 fully saturated rings. The largest absolute Gasteiger partial charge is 0.632 e. The van der Waals surface area contributed by atoms with Crippen LogP contribution in [-0.4, -0.2) is 58.4 Å². The summed E-state index contributed by atoms with van der Waals surface area (Å²) in [5.41, 5.74) is 0.833. The number of anilines is 2. The number of carboxylic acid groups (broad SMARTS) is 1. The number of nitrogens with one attached hydrogen (secondary N) is 2. The van der Waals surface area contributed by atoms with Gasteiger partial charge in [0.05, 0.1) is 24.3 Å². The van der Waals surface area contributed by atoms with E-state index in [1.54, 1.807) is 24.3 Å². The Labute approximate surface area is 193 Å². The van der Waals surface area contributed by atoms with E-state index in [-0.39, 0.29) is 60.8 Å². The maximum atomic E-state index is 13.8. The summed E-state index contributed by atoms with van der Waals surface area (Å²) < 4.78 is 5.50. The topological polar surface area (TPSA) is 131 Å². The number of epoxide rings is 1. The number of piperidine rings is 1. The molecule has 0 aromatic heterocycles. The number of fused-ring (bicyclic) bond motifs is 3. The van der Waals surface area contributed by atoms with E-state index in [4.69, 9.17) is 9.84 Å². The van der Waals surface area contributed by atoms with Crippen molar-refractivity contribution in [2.24, 2.45) is 5.41 Å². The number of rotatable bonds is 8. The van der Waals surface area contributed by atoms with Crippen LogP contribution in [0.1, 0.15) is 58.8 Å². The third-order valence-electron chi connectivity index (χ3n) is 7.64. The van der Waals surface area contributed by atoms with E-state index in [1.165, 1.54) is 0 Å². The Morgan fingerprint density at radius 1 is 1.09 bits per heavy atom. The number of ether oxygens (including phenoxy) is 1. The third kappa shape index (κ3) is 4.90. The summed E-state index contributed by atoms with van der Waals surface area (Å²) in [5, 5.41) is 28.0. The smallest absolute Gasteiger partial charge is 0.303 e. The summed E-state index contributed by atoms with van der Waals surface area (Å²) in [4.78, 5) is 35.2. The van der Waals surface area contributed by atoms with Gasteiger partial charge in [-0.2, -0.15) is 0 Å². The normalized spacial score (nSPS) is 34.5. The third-order valence-corrected chi connectivity index (χ3v) is 7.64. The highest BCUT2D eigenvalue weighted by molar-refractivity contribution is 5.93. The SMILES string of the molecule is CC12CCC3C(C)(CCC[N+]3([O-])CC(=O)Nc3ccc(NC(=O)CCCC(=O)O)cc3)C1O2. The number of benzene rings is 1. The van der Waals surface area contributed by atoms with Crippen LogP contribution in [0.5, 0.6) is 0 Å². The lowest BCUT2D eigenvalue weighted by Crippen LogP contribution is -2.66. The number of amides is 2. The van der Waals surface area contributed by atoms with Crippen LogP contribution >= 0.6 is 0 Å². The average molecular weight is 460 g/mol. The van der Waals surface area contributed by atoms with Crippen molar-refractivity contribution >= 4 is 29.2 Å². The van der Waals surface area contributed by atoms with Gasteiger partial charge in [-0.3, -0.25) is 14.4 Å². The Kier molecular flexibility index (Phi) is 6.24. The molecule has 1 aliphatic carbocycles. The number of carbonyl (C=O) groups is 3. The van der Waals surface area contributed by atoms with Crippen molar-refractivity contribution in [2.75, 3.05) is 23.7 Å². The van der Waals surface area contributed by atoms with Crippen molar-refractivity contribution in [3.63, 3.8) is 0 Å². The molecule has 3 N–H and O–H groups in total. The van der Waals surface area contributed by atoms with Crippen LogP contribution in [-0.2, 0) is 19.1 Å². The number of hydroxylamine groups is 3. The molecule has 9 nitrogen and oxygen atoms in total. The lowest BCUT2D eigenvalue weighted by Gasteiger charge is -2.59. The fraction of sp³-hybridized carbons (Fsp3) is 0.625. The van der Waals surface area contributed by atoms with E-state index in [2.05, 4.69) is 24.5 Å². The zero-order valence-electron chi connectivity index (χ0n) is 19.3. The lowest BCUT2D eigenvalue weighted by atomic mass is 9.63. The first-order chi connectivity index (χ1) is 15.5. The number of carbonyl (C=O) groups excluding carboxylic acids is 2. The molecule has 9 heteroatoms. The number of quaternary nitrogens is 1. The molecule has 0 bridgehead atoms. The first-order valence-corrected chi connectivity index (χ1v) is 11.7. The molecule has 2 aliphatic heterocycles. The van der Waals surface area contributed by atoms with Gasteiger partial charge in [-0.25, -0.2) is 0 Å². The number of carboxylic acids is 1. The van der Waals surface area contributed by atoms with Crippen molar-refractivity contribution in [3.05, 3.63) is 29.5 Å². The van der Waals surface area contributed by atoms with Gasteiger partial charge in [-0.1, -0.05) is 6.92 Å². The molecule has 2 saturated heterocycles. The van der Waals surface area contributed by atoms with Crippen LogP contribution in [0.25, 0.3) is 0 Å². The molecular formula is C24H33N3O6. The van der Waals surface area contributed by atoms with Crippen molar-refractivity contribution in [2.45, 2.75) is 76.5 Å². The van der Waals surface area contributed by atoms with Crippen LogP contribution in [0.3, 0.4) is 0 Å². The predicted molar refractivity (Wildman–Crippen MR) is 122 cm³/mol. The highest BCUT2D eigenvalue weighted by Gasteiger charge is 2.70. The maximum Gasteiger partial charge on any atom is 0.303 e. The Bertz CT molecular complexity index is 937. The van der Waals surface area contributed by atoms with E-state index in [0.717, 1.165) is 25.7 Å². The van der Waals surface area contributed by atoms with E-state index >= 15 is 0 Å². The van der Waals surface area contributed by atoms with Gasteiger partial charge in [0.2, 0.25) is 5.91 Å². The molecule has 4 rings (SSSR count). The molecule has 1 aromatic rings. The monoisotopic (exact) mass is 459 g/mol. The molecule has 5 atom stereocenters. The molecule has 1 aromatic carbocycles. The summed E-state index contributed by atoms with van der Waals surface area (Å²) in [6.07, 6.45) is 3.87. The molecule has 0 radical (unpaired) electrons. The van der Waals surface area contributed by atoms with E-state index in [0.29, 0.717) is 17.9 Å². The van der Waals surface area contributed by atoms with Crippen LogP contribution in [0.4, 0.5) is 11.4 Å². The number of likely N-dealkylation sites (tertiary alicyclic amines) is 1. The Morgan fingerprint density at radius 3 is 2.36 bits per heavy atom. The van der Waals surface area contributed by atoms with Crippen molar-refractivity contribution < 1.29 is 28.9 Å². The van der Waals surface area contributed by atoms with Crippen LogP contribution < -0.4 is 10.6 Å². The summed E-state index contributed by atoms with van der Waals surface area (Å²) in [6.45, 7) is 4.61. The van der Waals surface area contributed by atoms with Gasteiger partial charge in [0, 0.05) is 36.1 Å². The molecular weight excluding hydrogens is 426 g/mol. The Hall–Kier alpha value is -2.49. The fourth-order valence-corrected chi connectivity index (χ4v) is 6.03. The summed E-state index contributed by atoms with van der Waals surface area (Å²) in [5.74, 6) is -1.51. The van der Waals surface area contributed by atoms with Crippen molar-refractivity contribution in [1.82, 2.24) is 0 Å². The van der Waals surface area contributed by atoms with Crippen LogP contribution in [0.15, 0.2) is 24.3 Å². The molecule has 5 unspecified atom stereocenters. The van der Waals surface area contributed by atoms with E-state index in [9.17, 15) is 19.6 Å². The van der Waals surface area contributed by atoms with Crippen LogP contribution in [0, 0.1) is 10.6 Å². The molecule has 1 saturated carbocycles. The molecule has 2 heterocycles. The van der Waals surface area contributed by atoms with Gasteiger partial charge < -0.3 is 30.3 Å². The van der Waals surface area contributed by atoms with Gasteiger partial charge in [0.1, 0.15) is 0 Å². The standard InChI is InChI=1S/C24H33N3O6/c1-23-12-4-14-27(32,18(23)11-13-24(2)22(23)33-24)15-20(29)26-17-9-7-16(8-10-17)25-19(28)5-3-6-21(30)31/h7-10,18,22H,3-6,11-15H2,1-2H3,(H,25,28)(H,26,29)(H,30,31). The second-order valence-corrected chi connectivity index (χ2v) is 10.2.